The van der Waals surface area contributed by atoms with E-state index in [1.807, 2.05) is 13.8 Å². The van der Waals surface area contributed by atoms with Gasteiger partial charge in [-0.2, -0.15) is 0 Å². The van der Waals surface area contributed by atoms with E-state index in [1.54, 1.807) is 0 Å². The van der Waals surface area contributed by atoms with Gasteiger partial charge in [-0.1, -0.05) is 0 Å². The van der Waals surface area contributed by atoms with Crippen LogP contribution in [0.2, 0.25) is 5.21 Å². The molecule has 3 heteroatoms. The third-order valence-corrected chi connectivity index (χ3v) is 2.58. The first-order chi connectivity index (χ1) is 4.13. The average molecular weight is 191 g/mol. The van der Waals surface area contributed by atoms with Gasteiger partial charge < -0.3 is 0 Å². The second-order valence-corrected chi connectivity index (χ2v) is 4.88. The molecule has 53 valence electrons. The van der Waals surface area contributed by atoms with E-state index in [1.165, 1.54) is 5.92 Å². The normalized spacial score (nSPS) is 11.4. The second-order valence-electron chi connectivity index (χ2n) is 2.19. The number of hydrogen-bond donors (Lipinski definition) is 1. The molecule has 0 saturated carbocycles. The van der Waals surface area contributed by atoms with E-state index >= 15 is 0 Å². The molecule has 0 aromatic carbocycles. The molecule has 0 heterocycles. The van der Waals surface area contributed by atoms with E-state index in [-0.39, 0.29) is 0 Å². The Hall–Kier alpha value is 0.0284. The van der Waals surface area contributed by atoms with E-state index in [9.17, 15) is 4.79 Å². The number of hydrogen-bond acceptors (Lipinski definition) is 1. The monoisotopic (exact) mass is 191 g/mol. The van der Waals surface area contributed by atoms with Crippen LogP contribution in [0, 0.1) is 5.92 Å². The van der Waals surface area contributed by atoms with Crippen molar-refractivity contribution in [3.8, 4) is 0 Å². The molecule has 0 fully saturated rings. The van der Waals surface area contributed by atoms with E-state index < -0.39 is 20.5 Å². The van der Waals surface area contributed by atoms with E-state index in [4.69, 9.17) is 5.11 Å². The molecule has 2 nitrogen and oxygen atoms in total. The van der Waals surface area contributed by atoms with Crippen LogP contribution in [-0.2, 0) is 0 Å². The van der Waals surface area contributed by atoms with E-state index in [0.29, 0.717) is 0 Å². The molecule has 0 amide bonds. The Morgan fingerprint density at radius 1 is 1.56 bits per heavy atom. The first kappa shape index (κ1) is 9.03. The summed E-state index contributed by atoms with van der Waals surface area (Å²) < 4.78 is -0.573. The molecule has 0 aliphatic heterocycles. The van der Waals surface area contributed by atoms with Crippen molar-refractivity contribution < 1.29 is 9.90 Å². The Balaban J connectivity index is 3.01. The Labute approximate surface area is 62.3 Å². The Kier molecular flexibility index (Phi) is 4.88. The molecule has 0 spiro atoms. The van der Waals surface area contributed by atoms with Gasteiger partial charge in [0.15, 0.2) is 0 Å². The van der Waals surface area contributed by atoms with Crippen molar-refractivity contribution in [3.63, 3.8) is 0 Å². The average Bonchev–Trinajstić information content (AvgIpc) is 1.63. The van der Waals surface area contributed by atoms with Crippen LogP contribution in [0.1, 0.15) is 20.3 Å². The van der Waals surface area contributed by atoms with Gasteiger partial charge in [0.1, 0.15) is 0 Å². The van der Waals surface area contributed by atoms with Gasteiger partial charge in [0.05, 0.1) is 0 Å². The summed E-state index contributed by atoms with van der Waals surface area (Å²) in [6, 6.07) is 0. The standard InChI is InChI=1S/C6H12AsO2/c1-5(2)3-4-7-6(8)9/h7H,3-4H2,1-2H3,(H,8,9). The Bertz CT molecular complexity index is 91.1. The molecule has 1 N–H and O–H groups in total. The third-order valence-electron chi connectivity index (χ3n) is 0.901. The van der Waals surface area contributed by atoms with E-state index in [0.717, 1.165) is 11.6 Å². The summed E-state index contributed by atoms with van der Waals surface area (Å²) in [6.07, 6.45) is 0.992. The van der Waals surface area contributed by atoms with Gasteiger partial charge in [0, 0.05) is 0 Å². The molecule has 0 rings (SSSR count). The fourth-order valence-electron chi connectivity index (χ4n) is 0.419. The molecule has 0 aliphatic rings. The van der Waals surface area contributed by atoms with Crippen molar-refractivity contribution >= 4 is 20.5 Å². The molecule has 0 saturated heterocycles. The molecular weight excluding hydrogens is 179 g/mol. The molecule has 1 radical (unpaired) electrons. The van der Waals surface area contributed by atoms with Gasteiger partial charge in [-0.25, -0.2) is 0 Å². The summed E-state index contributed by atoms with van der Waals surface area (Å²) in [5, 5.41) is 9.17. The summed E-state index contributed by atoms with van der Waals surface area (Å²) in [5.74, 6) is 1.33. The number of rotatable bonds is 4. The third kappa shape index (κ3) is 8.03. The fraction of sp³-hybridized carbons (Fsp3) is 0.667. The van der Waals surface area contributed by atoms with Crippen molar-refractivity contribution in [2.24, 2.45) is 0 Å². The predicted molar refractivity (Wildman–Crippen MR) is 39.2 cm³/mol. The van der Waals surface area contributed by atoms with Gasteiger partial charge in [-0.15, -0.1) is 0 Å². The van der Waals surface area contributed by atoms with Crippen molar-refractivity contribution in [3.05, 3.63) is 5.92 Å². The Morgan fingerprint density at radius 2 is 2.11 bits per heavy atom. The van der Waals surface area contributed by atoms with Gasteiger partial charge >= 0.3 is 61.8 Å². The number of carboxylic acid groups (broad SMARTS) is 1. The Morgan fingerprint density at radius 3 is 2.44 bits per heavy atom. The maximum atomic E-state index is 10.0. The van der Waals surface area contributed by atoms with Crippen molar-refractivity contribution in [2.75, 3.05) is 0 Å². The zero-order valence-corrected chi connectivity index (χ0v) is 7.87. The summed E-state index contributed by atoms with van der Waals surface area (Å²) in [7, 11) is 0. The SMILES string of the molecule is C[C](C)CC[AsH]C(=O)O. The fourth-order valence-corrected chi connectivity index (χ4v) is 2.18. The van der Waals surface area contributed by atoms with Crippen molar-refractivity contribution in [1.82, 2.24) is 0 Å². The molecular formula is C6H12AsO2. The van der Waals surface area contributed by atoms with Crippen LogP contribution in [0.4, 0.5) is 4.79 Å². The van der Waals surface area contributed by atoms with Gasteiger partial charge in [0.25, 0.3) is 0 Å². The summed E-state index contributed by atoms with van der Waals surface area (Å²) in [4.78, 5) is 10.0. The first-order valence-corrected chi connectivity index (χ1v) is 5.42. The van der Waals surface area contributed by atoms with Crippen LogP contribution in [-0.4, -0.2) is 25.6 Å². The first-order valence-electron chi connectivity index (χ1n) is 2.88. The van der Waals surface area contributed by atoms with E-state index in [2.05, 4.69) is 0 Å². The zero-order valence-electron chi connectivity index (χ0n) is 5.77. The summed E-state index contributed by atoms with van der Waals surface area (Å²) in [6.45, 7) is 4.07. The van der Waals surface area contributed by atoms with Crippen LogP contribution in [0.5, 0.6) is 0 Å². The van der Waals surface area contributed by atoms with Crippen LogP contribution >= 0.6 is 0 Å². The van der Waals surface area contributed by atoms with Gasteiger partial charge in [-0.05, 0) is 0 Å². The second kappa shape index (κ2) is 4.87. The van der Waals surface area contributed by atoms with Gasteiger partial charge in [-0.3, -0.25) is 0 Å². The molecule has 9 heavy (non-hydrogen) atoms. The zero-order chi connectivity index (χ0) is 7.28. The maximum absolute atomic E-state index is 10.0. The molecule has 1 unspecified atom stereocenters. The summed E-state index contributed by atoms with van der Waals surface area (Å²) >= 11 is -0.691. The minimum absolute atomic E-state index is 0.573. The molecule has 0 aromatic heterocycles. The molecule has 0 aliphatic carbocycles. The predicted octanol–water partition coefficient (Wildman–Crippen LogP) is 1.52. The molecule has 0 aromatic rings. The van der Waals surface area contributed by atoms with Crippen LogP contribution in [0.3, 0.4) is 0 Å². The van der Waals surface area contributed by atoms with Crippen LogP contribution in [0.25, 0.3) is 0 Å². The van der Waals surface area contributed by atoms with Crippen molar-refractivity contribution in [2.45, 2.75) is 25.5 Å². The van der Waals surface area contributed by atoms with Crippen LogP contribution in [0.15, 0.2) is 0 Å². The number of carbonyl (C=O) groups is 1. The topological polar surface area (TPSA) is 37.3 Å². The van der Waals surface area contributed by atoms with Gasteiger partial charge in [0.2, 0.25) is 0 Å². The molecule has 1 atom stereocenters. The summed E-state index contributed by atoms with van der Waals surface area (Å²) in [5.41, 5.74) is 0. The quantitative estimate of drug-likeness (QED) is 0.684. The van der Waals surface area contributed by atoms with Crippen LogP contribution < -0.4 is 0 Å². The van der Waals surface area contributed by atoms with Crippen molar-refractivity contribution in [1.29, 1.82) is 0 Å². The minimum atomic E-state index is -0.691. The molecule has 0 bridgehead atoms.